The Morgan fingerprint density at radius 3 is 2.84 bits per heavy atom. The van der Waals surface area contributed by atoms with Crippen molar-refractivity contribution < 1.29 is 14.4 Å². The van der Waals surface area contributed by atoms with Crippen LogP contribution in [-0.2, 0) is 0 Å². The van der Waals surface area contributed by atoms with E-state index in [4.69, 9.17) is 0 Å². The number of rotatable bonds is 4. The van der Waals surface area contributed by atoms with Crippen LogP contribution in [0, 0.1) is 21.8 Å². The van der Waals surface area contributed by atoms with Crippen molar-refractivity contribution in [1.82, 2.24) is 0 Å². The third-order valence-electron chi connectivity index (χ3n) is 3.65. The van der Waals surface area contributed by atoms with Gasteiger partial charge in [-0.25, -0.2) is 0 Å². The Labute approximate surface area is 110 Å². The predicted molar refractivity (Wildman–Crippen MR) is 69.5 cm³/mol. The molecule has 5 nitrogen and oxygen atoms in total. The first-order chi connectivity index (χ1) is 9.13. The summed E-state index contributed by atoms with van der Waals surface area (Å²) < 4.78 is 13.5. The van der Waals surface area contributed by atoms with Crippen molar-refractivity contribution >= 4 is 11.4 Å². The maximum absolute atomic E-state index is 13.5. The number of nitrogens with one attached hydrogen (secondary N) is 1. The zero-order chi connectivity index (χ0) is 13.8. The van der Waals surface area contributed by atoms with Crippen LogP contribution >= 0.6 is 0 Å². The maximum Gasteiger partial charge on any atom is 0.327 e. The number of aliphatic hydroxyl groups excluding tert-OH is 1. The molecule has 0 saturated heterocycles. The van der Waals surface area contributed by atoms with Crippen molar-refractivity contribution in [2.24, 2.45) is 5.92 Å². The van der Waals surface area contributed by atoms with E-state index in [1.807, 2.05) is 0 Å². The molecule has 1 aliphatic carbocycles. The molecule has 1 fully saturated rings. The monoisotopic (exact) mass is 268 g/mol. The van der Waals surface area contributed by atoms with Gasteiger partial charge >= 0.3 is 5.69 Å². The molecular weight excluding hydrogens is 251 g/mol. The maximum atomic E-state index is 13.5. The summed E-state index contributed by atoms with van der Waals surface area (Å²) in [4.78, 5) is 10.2. The van der Waals surface area contributed by atoms with E-state index in [1.54, 1.807) is 0 Å². The van der Waals surface area contributed by atoms with Crippen LogP contribution in [0.4, 0.5) is 15.8 Å². The Hall–Kier alpha value is -1.69. The Kier molecular flexibility index (Phi) is 4.31. The second-order valence-corrected chi connectivity index (χ2v) is 4.87. The van der Waals surface area contributed by atoms with E-state index in [9.17, 15) is 19.6 Å². The lowest BCUT2D eigenvalue weighted by Crippen LogP contribution is -2.34. The molecule has 0 bridgehead atoms. The summed E-state index contributed by atoms with van der Waals surface area (Å²) in [5.74, 6) is -0.775. The zero-order valence-corrected chi connectivity index (χ0v) is 10.5. The second kappa shape index (κ2) is 5.97. The minimum absolute atomic E-state index is 0.0424. The lowest BCUT2D eigenvalue weighted by Gasteiger charge is -2.31. The molecule has 6 heteroatoms. The fourth-order valence-corrected chi connectivity index (χ4v) is 2.63. The number of benzene rings is 1. The molecule has 0 heterocycles. The Balaban J connectivity index is 2.22. The van der Waals surface area contributed by atoms with Crippen LogP contribution in [0.25, 0.3) is 0 Å². The van der Waals surface area contributed by atoms with Gasteiger partial charge in [0.2, 0.25) is 5.82 Å². The van der Waals surface area contributed by atoms with Crippen molar-refractivity contribution in [1.29, 1.82) is 0 Å². The third-order valence-corrected chi connectivity index (χ3v) is 3.65. The molecular formula is C13H17FN2O3. The number of nitro benzene ring substituents is 1. The summed E-state index contributed by atoms with van der Waals surface area (Å²) in [5.41, 5.74) is -0.333. The van der Waals surface area contributed by atoms with Gasteiger partial charge in [0.15, 0.2) is 0 Å². The first-order valence-corrected chi connectivity index (χ1v) is 6.43. The summed E-state index contributed by atoms with van der Waals surface area (Å²) in [5, 5.41) is 23.3. The highest BCUT2D eigenvalue weighted by atomic mass is 19.1. The highest BCUT2D eigenvalue weighted by Crippen LogP contribution is 2.32. The van der Waals surface area contributed by atoms with Gasteiger partial charge in [0.1, 0.15) is 5.69 Å². The van der Waals surface area contributed by atoms with E-state index in [-0.39, 0.29) is 24.3 Å². The summed E-state index contributed by atoms with van der Waals surface area (Å²) >= 11 is 0. The fraction of sp³-hybridized carbons (Fsp3) is 0.538. The van der Waals surface area contributed by atoms with Crippen LogP contribution in [0.5, 0.6) is 0 Å². The van der Waals surface area contributed by atoms with E-state index >= 15 is 0 Å². The molecule has 1 aliphatic rings. The molecule has 2 unspecified atom stereocenters. The molecule has 2 rings (SSSR count). The van der Waals surface area contributed by atoms with E-state index in [0.717, 1.165) is 31.7 Å². The van der Waals surface area contributed by atoms with Gasteiger partial charge in [-0.05, 0) is 25.0 Å². The first kappa shape index (κ1) is 13.7. The normalized spacial score (nSPS) is 23.1. The van der Waals surface area contributed by atoms with Crippen LogP contribution in [-0.4, -0.2) is 22.7 Å². The first-order valence-electron chi connectivity index (χ1n) is 6.43. The standard InChI is InChI=1S/C13H17FN2O3/c14-10-5-3-7-12(13(10)16(18)19)15-11-6-2-1-4-9(11)8-17/h3,5,7,9,11,15,17H,1-2,4,6,8H2. The van der Waals surface area contributed by atoms with Crippen LogP contribution in [0.15, 0.2) is 18.2 Å². The number of halogens is 1. The molecule has 2 N–H and O–H groups in total. The summed E-state index contributed by atoms with van der Waals surface area (Å²) in [6.07, 6.45) is 3.78. The minimum Gasteiger partial charge on any atom is -0.396 e. The van der Waals surface area contributed by atoms with Gasteiger partial charge in [-0.3, -0.25) is 10.1 Å². The number of nitro groups is 1. The summed E-state index contributed by atoms with van der Waals surface area (Å²) in [6, 6.07) is 3.98. The van der Waals surface area contributed by atoms with Crippen LogP contribution in [0.1, 0.15) is 25.7 Å². The van der Waals surface area contributed by atoms with Gasteiger partial charge in [0.05, 0.1) is 4.92 Å². The van der Waals surface area contributed by atoms with E-state index < -0.39 is 16.4 Å². The average Bonchev–Trinajstić information content (AvgIpc) is 2.39. The molecule has 0 aromatic heterocycles. The number of aliphatic hydroxyl groups is 1. The Morgan fingerprint density at radius 2 is 2.16 bits per heavy atom. The van der Waals surface area contributed by atoms with Crippen molar-refractivity contribution in [2.45, 2.75) is 31.7 Å². The molecule has 1 aromatic carbocycles. The molecule has 0 spiro atoms. The molecule has 2 atom stereocenters. The summed E-state index contributed by atoms with van der Waals surface area (Å²) in [7, 11) is 0. The second-order valence-electron chi connectivity index (χ2n) is 4.87. The molecule has 0 amide bonds. The molecule has 0 radical (unpaired) electrons. The van der Waals surface area contributed by atoms with Gasteiger partial charge in [-0.15, -0.1) is 0 Å². The molecule has 104 valence electrons. The number of nitrogens with zero attached hydrogens (tertiary/aromatic N) is 1. The van der Waals surface area contributed by atoms with E-state index in [1.165, 1.54) is 12.1 Å². The predicted octanol–water partition coefficient (Wildman–Crippen LogP) is 2.70. The SMILES string of the molecule is O=[N+]([O-])c1c(F)cccc1NC1CCCCC1CO. The van der Waals surface area contributed by atoms with Gasteiger partial charge in [-0.1, -0.05) is 18.9 Å². The summed E-state index contributed by atoms with van der Waals surface area (Å²) in [6.45, 7) is 0.0424. The van der Waals surface area contributed by atoms with Gasteiger partial charge in [0.25, 0.3) is 0 Å². The fourth-order valence-electron chi connectivity index (χ4n) is 2.63. The quantitative estimate of drug-likeness (QED) is 0.650. The highest BCUT2D eigenvalue weighted by Gasteiger charge is 2.27. The van der Waals surface area contributed by atoms with Crippen molar-refractivity contribution in [3.63, 3.8) is 0 Å². The van der Waals surface area contributed by atoms with Crippen LogP contribution in [0.2, 0.25) is 0 Å². The lowest BCUT2D eigenvalue weighted by molar-refractivity contribution is -0.386. The number of hydrogen-bond acceptors (Lipinski definition) is 4. The van der Waals surface area contributed by atoms with Gasteiger partial charge in [-0.2, -0.15) is 4.39 Å². The third kappa shape index (κ3) is 3.01. The molecule has 1 aromatic rings. The smallest absolute Gasteiger partial charge is 0.327 e. The van der Waals surface area contributed by atoms with Crippen molar-refractivity contribution in [3.05, 3.63) is 34.1 Å². The van der Waals surface area contributed by atoms with Crippen LogP contribution in [0.3, 0.4) is 0 Å². The highest BCUT2D eigenvalue weighted by molar-refractivity contribution is 5.62. The molecule has 0 aliphatic heterocycles. The molecule has 19 heavy (non-hydrogen) atoms. The number of hydrogen-bond donors (Lipinski definition) is 2. The zero-order valence-electron chi connectivity index (χ0n) is 10.5. The van der Waals surface area contributed by atoms with Crippen molar-refractivity contribution in [3.8, 4) is 0 Å². The van der Waals surface area contributed by atoms with E-state index in [2.05, 4.69) is 5.32 Å². The topological polar surface area (TPSA) is 75.4 Å². The Morgan fingerprint density at radius 1 is 1.42 bits per heavy atom. The largest absolute Gasteiger partial charge is 0.396 e. The van der Waals surface area contributed by atoms with E-state index in [0.29, 0.717) is 0 Å². The van der Waals surface area contributed by atoms with Gasteiger partial charge < -0.3 is 10.4 Å². The Bertz CT molecular complexity index is 467. The van der Waals surface area contributed by atoms with Crippen molar-refractivity contribution in [2.75, 3.05) is 11.9 Å². The number of para-hydroxylation sites is 1. The molecule has 1 saturated carbocycles. The number of anilines is 1. The lowest BCUT2D eigenvalue weighted by atomic mass is 9.85. The average molecular weight is 268 g/mol. The van der Waals surface area contributed by atoms with Crippen LogP contribution < -0.4 is 5.32 Å². The minimum atomic E-state index is -0.841. The van der Waals surface area contributed by atoms with Gasteiger partial charge in [0, 0.05) is 18.6 Å².